The van der Waals surface area contributed by atoms with E-state index in [1.54, 1.807) is 6.92 Å². The summed E-state index contributed by atoms with van der Waals surface area (Å²) in [6.07, 6.45) is 1.16. The Morgan fingerprint density at radius 1 is 1.33 bits per heavy atom. The molecule has 2 rings (SSSR count). The molecule has 1 aromatic heterocycles. The zero-order valence-electron chi connectivity index (χ0n) is 12.0. The fourth-order valence-corrected chi connectivity index (χ4v) is 1.87. The van der Waals surface area contributed by atoms with Crippen LogP contribution in [0.1, 0.15) is 36.0 Å². The minimum absolute atomic E-state index is 0.0359. The van der Waals surface area contributed by atoms with Gasteiger partial charge in [-0.25, -0.2) is 0 Å². The lowest BCUT2D eigenvalue weighted by Crippen LogP contribution is -2.27. The largest absolute Gasteiger partial charge is 0.487 e. The van der Waals surface area contributed by atoms with Gasteiger partial charge in [0.15, 0.2) is 5.76 Å². The Kier molecular flexibility index (Phi) is 4.77. The summed E-state index contributed by atoms with van der Waals surface area (Å²) in [5.74, 6) is -0.372. The van der Waals surface area contributed by atoms with Crippen molar-refractivity contribution in [2.24, 2.45) is 0 Å². The van der Waals surface area contributed by atoms with Gasteiger partial charge in [-0.3, -0.25) is 9.59 Å². The molecule has 0 bridgehead atoms. The zero-order chi connectivity index (χ0) is 15.2. The van der Waals surface area contributed by atoms with Crippen molar-refractivity contribution in [1.29, 1.82) is 0 Å². The lowest BCUT2D eigenvalue weighted by Gasteiger charge is -2.13. The Hall–Kier alpha value is -2.56. The first kappa shape index (κ1) is 14.8. The highest BCUT2D eigenvalue weighted by Gasteiger charge is 2.15. The van der Waals surface area contributed by atoms with Gasteiger partial charge < -0.3 is 14.5 Å². The van der Waals surface area contributed by atoms with Crippen molar-refractivity contribution < 1.29 is 13.9 Å². The van der Waals surface area contributed by atoms with E-state index in [0.717, 1.165) is 17.9 Å². The van der Waals surface area contributed by atoms with Crippen LogP contribution in [0.2, 0.25) is 0 Å². The first-order chi connectivity index (χ1) is 10.1. The van der Waals surface area contributed by atoms with Crippen LogP contribution in [0.3, 0.4) is 0 Å². The van der Waals surface area contributed by atoms with Crippen molar-refractivity contribution in [3.8, 4) is 5.75 Å². The quantitative estimate of drug-likeness (QED) is 0.917. The van der Waals surface area contributed by atoms with Crippen LogP contribution in [0.25, 0.3) is 0 Å². The van der Waals surface area contributed by atoms with Gasteiger partial charge >= 0.3 is 0 Å². The molecule has 0 saturated carbocycles. The number of amides is 1. The van der Waals surface area contributed by atoms with Crippen LogP contribution in [0.15, 0.2) is 51.9 Å². The van der Waals surface area contributed by atoms with E-state index in [1.165, 1.54) is 0 Å². The van der Waals surface area contributed by atoms with Crippen molar-refractivity contribution in [2.45, 2.75) is 19.9 Å². The second kappa shape index (κ2) is 6.74. The van der Waals surface area contributed by atoms with Gasteiger partial charge in [0.25, 0.3) is 5.91 Å². The molecule has 0 radical (unpaired) electrons. The third-order valence-electron chi connectivity index (χ3n) is 2.97. The number of ether oxygens (including phenoxy) is 1. The van der Waals surface area contributed by atoms with Crippen molar-refractivity contribution in [1.82, 2.24) is 5.32 Å². The normalized spacial score (nSPS) is 11.7. The van der Waals surface area contributed by atoms with Gasteiger partial charge in [-0.1, -0.05) is 30.3 Å². The molecule has 0 aliphatic rings. The van der Waals surface area contributed by atoms with Crippen LogP contribution in [-0.4, -0.2) is 12.5 Å². The Labute approximate surface area is 122 Å². The maximum atomic E-state index is 12.1. The first-order valence-electron chi connectivity index (χ1n) is 6.73. The SMILES string of the molecule is CCOc1coc(C(=O)NC(C)c2ccccc2)cc1=O. The average molecular weight is 287 g/mol. The highest BCUT2D eigenvalue weighted by atomic mass is 16.5. The van der Waals surface area contributed by atoms with E-state index in [2.05, 4.69) is 5.32 Å². The van der Waals surface area contributed by atoms with E-state index in [9.17, 15) is 9.59 Å². The lowest BCUT2D eigenvalue weighted by molar-refractivity contribution is 0.0908. The third kappa shape index (κ3) is 3.72. The summed E-state index contributed by atoms with van der Waals surface area (Å²) >= 11 is 0. The van der Waals surface area contributed by atoms with Crippen LogP contribution in [0.4, 0.5) is 0 Å². The molecule has 1 N–H and O–H groups in total. The van der Waals surface area contributed by atoms with Gasteiger partial charge in [0.1, 0.15) is 6.26 Å². The smallest absolute Gasteiger partial charge is 0.287 e. The molecule has 1 aromatic carbocycles. The van der Waals surface area contributed by atoms with Crippen LogP contribution >= 0.6 is 0 Å². The fraction of sp³-hybridized carbons (Fsp3) is 0.250. The number of carbonyl (C=O) groups is 1. The van der Waals surface area contributed by atoms with Gasteiger partial charge in [0, 0.05) is 6.07 Å². The Morgan fingerprint density at radius 3 is 2.67 bits per heavy atom. The molecule has 0 aliphatic carbocycles. The molecule has 1 amide bonds. The minimum atomic E-state index is -0.438. The van der Waals surface area contributed by atoms with Gasteiger partial charge in [0.05, 0.1) is 12.6 Å². The molecule has 21 heavy (non-hydrogen) atoms. The monoisotopic (exact) mass is 287 g/mol. The molecule has 0 fully saturated rings. The Bertz CT molecular complexity index is 663. The summed E-state index contributed by atoms with van der Waals surface area (Å²) in [5.41, 5.74) is 0.597. The second-order valence-electron chi connectivity index (χ2n) is 4.51. The molecule has 1 unspecified atom stereocenters. The highest BCUT2D eigenvalue weighted by Crippen LogP contribution is 2.13. The molecule has 5 heteroatoms. The van der Waals surface area contributed by atoms with Gasteiger partial charge in [-0.05, 0) is 19.4 Å². The third-order valence-corrected chi connectivity index (χ3v) is 2.97. The predicted octanol–water partition coefficient (Wildman–Crippen LogP) is 2.53. The molecule has 0 aliphatic heterocycles. The van der Waals surface area contributed by atoms with Crippen molar-refractivity contribution in [3.05, 3.63) is 64.2 Å². The maximum Gasteiger partial charge on any atom is 0.287 e. The van der Waals surface area contributed by atoms with E-state index < -0.39 is 5.91 Å². The van der Waals surface area contributed by atoms with E-state index >= 15 is 0 Å². The molecular formula is C16H17NO4. The fourth-order valence-electron chi connectivity index (χ4n) is 1.87. The van der Waals surface area contributed by atoms with Crippen molar-refractivity contribution >= 4 is 5.91 Å². The molecule has 110 valence electrons. The number of benzene rings is 1. The molecule has 1 atom stereocenters. The Balaban J connectivity index is 2.10. The molecule has 0 spiro atoms. The Morgan fingerprint density at radius 2 is 2.05 bits per heavy atom. The molecule has 1 heterocycles. The maximum absolute atomic E-state index is 12.1. The summed E-state index contributed by atoms with van der Waals surface area (Å²) in [5, 5.41) is 2.78. The highest BCUT2D eigenvalue weighted by molar-refractivity contribution is 5.91. The molecular weight excluding hydrogens is 270 g/mol. The van der Waals surface area contributed by atoms with Crippen LogP contribution in [0, 0.1) is 0 Å². The number of nitrogens with one attached hydrogen (secondary N) is 1. The molecule has 5 nitrogen and oxygen atoms in total. The number of hydrogen-bond acceptors (Lipinski definition) is 4. The minimum Gasteiger partial charge on any atom is -0.487 e. The second-order valence-corrected chi connectivity index (χ2v) is 4.51. The van der Waals surface area contributed by atoms with Crippen LogP contribution in [-0.2, 0) is 0 Å². The van der Waals surface area contributed by atoms with Crippen LogP contribution in [0.5, 0.6) is 5.75 Å². The van der Waals surface area contributed by atoms with E-state index in [1.807, 2.05) is 37.3 Å². The number of carbonyl (C=O) groups excluding carboxylic acids is 1. The topological polar surface area (TPSA) is 68.5 Å². The average Bonchev–Trinajstić information content (AvgIpc) is 2.50. The summed E-state index contributed by atoms with van der Waals surface area (Å²) in [7, 11) is 0. The van der Waals surface area contributed by atoms with E-state index in [0.29, 0.717) is 6.61 Å². The zero-order valence-corrected chi connectivity index (χ0v) is 12.0. The van der Waals surface area contributed by atoms with Gasteiger partial charge in [-0.2, -0.15) is 0 Å². The van der Waals surface area contributed by atoms with Gasteiger partial charge in [-0.15, -0.1) is 0 Å². The van der Waals surface area contributed by atoms with Crippen LogP contribution < -0.4 is 15.5 Å². The molecule has 2 aromatic rings. The summed E-state index contributed by atoms with van der Waals surface area (Å²) in [6.45, 7) is 3.99. The standard InChI is InChI=1S/C16H17NO4/c1-3-20-15-10-21-14(9-13(15)18)16(19)17-11(2)12-7-5-4-6-8-12/h4-11H,3H2,1-2H3,(H,17,19). The first-order valence-corrected chi connectivity index (χ1v) is 6.73. The molecule has 0 saturated heterocycles. The van der Waals surface area contributed by atoms with E-state index in [-0.39, 0.29) is 23.0 Å². The summed E-state index contributed by atoms with van der Waals surface area (Å²) in [4.78, 5) is 23.8. The predicted molar refractivity (Wildman–Crippen MR) is 78.5 cm³/mol. The van der Waals surface area contributed by atoms with Crippen molar-refractivity contribution in [2.75, 3.05) is 6.61 Å². The summed E-state index contributed by atoms with van der Waals surface area (Å²) < 4.78 is 10.2. The number of hydrogen-bond donors (Lipinski definition) is 1. The summed E-state index contributed by atoms with van der Waals surface area (Å²) in [6, 6.07) is 10.5. The number of rotatable bonds is 5. The van der Waals surface area contributed by atoms with Gasteiger partial charge in [0.2, 0.25) is 11.2 Å². The lowest BCUT2D eigenvalue weighted by atomic mass is 10.1. The van der Waals surface area contributed by atoms with E-state index in [4.69, 9.17) is 9.15 Å². The van der Waals surface area contributed by atoms with Crippen molar-refractivity contribution in [3.63, 3.8) is 0 Å².